The average molecular weight is 337 g/mol. The van der Waals surface area contributed by atoms with Crippen molar-refractivity contribution in [2.75, 3.05) is 0 Å². The Balaban J connectivity index is 1.83. The molecule has 0 spiro atoms. The topological polar surface area (TPSA) is 59.3 Å². The van der Waals surface area contributed by atoms with E-state index in [-0.39, 0.29) is 5.91 Å². The molecule has 1 aliphatic rings. The van der Waals surface area contributed by atoms with Gasteiger partial charge in [0.1, 0.15) is 5.69 Å². The first kappa shape index (κ1) is 14.7. The lowest BCUT2D eigenvalue weighted by molar-refractivity contribution is 0.0961. The highest BCUT2D eigenvalue weighted by molar-refractivity contribution is 6.30. The Bertz CT molecular complexity index is 986. The fourth-order valence-electron chi connectivity index (χ4n) is 2.66. The minimum atomic E-state index is -0.250. The van der Waals surface area contributed by atoms with Crippen LogP contribution in [-0.2, 0) is 0 Å². The van der Waals surface area contributed by atoms with E-state index in [1.165, 1.54) is 0 Å². The van der Waals surface area contributed by atoms with Crippen molar-refractivity contribution in [1.82, 2.24) is 19.9 Å². The Morgan fingerprint density at radius 2 is 2.04 bits per heavy atom. The smallest absolute Gasteiger partial charge is 0.276 e. The quantitative estimate of drug-likeness (QED) is 0.794. The van der Waals surface area contributed by atoms with E-state index in [0.29, 0.717) is 28.5 Å². The number of hydrogen-bond acceptors (Lipinski definition) is 3. The first-order chi connectivity index (χ1) is 11.7. The standard InChI is InChI=1S/C18H13ClN4O/c19-13-9-7-12(8-10-13)17-16(18(24)21-14-4-1-2-5-14)22-15-6-3-11-20-23(15)17/h1-4,6-11H,5H2,(H,21,24). The van der Waals surface area contributed by atoms with Crippen LogP contribution in [-0.4, -0.2) is 20.5 Å². The summed E-state index contributed by atoms with van der Waals surface area (Å²) in [6.45, 7) is 0. The fourth-order valence-corrected chi connectivity index (χ4v) is 2.78. The van der Waals surface area contributed by atoms with Crippen LogP contribution < -0.4 is 5.32 Å². The molecule has 1 aromatic carbocycles. The zero-order chi connectivity index (χ0) is 16.5. The van der Waals surface area contributed by atoms with Crippen molar-refractivity contribution in [1.29, 1.82) is 0 Å². The van der Waals surface area contributed by atoms with E-state index in [4.69, 9.17) is 11.6 Å². The van der Waals surface area contributed by atoms with Crippen LogP contribution in [0.5, 0.6) is 0 Å². The third-order valence-corrected chi connectivity index (χ3v) is 4.02. The van der Waals surface area contributed by atoms with E-state index >= 15 is 0 Å². The van der Waals surface area contributed by atoms with Crippen LogP contribution in [0.4, 0.5) is 0 Å². The number of nitrogens with zero attached hydrogens (tertiary/aromatic N) is 3. The zero-order valence-electron chi connectivity index (χ0n) is 12.6. The minimum Gasteiger partial charge on any atom is -0.324 e. The Hall–Kier alpha value is -2.92. The van der Waals surface area contributed by atoms with Crippen LogP contribution in [0.1, 0.15) is 16.9 Å². The Kier molecular flexibility index (Phi) is 3.63. The van der Waals surface area contributed by atoms with Crippen molar-refractivity contribution >= 4 is 23.2 Å². The van der Waals surface area contributed by atoms with Crippen LogP contribution in [0.15, 0.2) is 66.5 Å². The molecule has 0 saturated heterocycles. The largest absolute Gasteiger partial charge is 0.324 e. The number of carbonyl (C=O) groups is 1. The van der Waals surface area contributed by atoms with Gasteiger partial charge in [0, 0.05) is 28.9 Å². The predicted octanol–water partition coefficient (Wildman–Crippen LogP) is 3.62. The van der Waals surface area contributed by atoms with E-state index in [1.54, 1.807) is 28.9 Å². The van der Waals surface area contributed by atoms with E-state index in [2.05, 4.69) is 15.4 Å². The number of allylic oxidation sites excluding steroid dienone is 3. The number of rotatable bonds is 3. The van der Waals surface area contributed by atoms with Crippen molar-refractivity contribution in [2.24, 2.45) is 0 Å². The van der Waals surface area contributed by atoms with Crippen molar-refractivity contribution in [3.8, 4) is 11.3 Å². The fraction of sp³-hybridized carbons (Fsp3) is 0.0556. The first-order valence-corrected chi connectivity index (χ1v) is 7.87. The highest BCUT2D eigenvalue weighted by Gasteiger charge is 2.21. The number of aromatic nitrogens is 3. The number of benzene rings is 1. The molecular weight excluding hydrogens is 324 g/mol. The van der Waals surface area contributed by atoms with Crippen molar-refractivity contribution in [3.63, 3.8) is 0 Å². The number of amides is 1. The van der Waals surface area contributed by atoms with Gasteiger partial charge >= 0.3 is 0 Å². The maximum atomic E-state index is 12.7. The summed E-state index contributed by atoms with van der Waals surface area (Å²) < 4.78 is 1.67. The molecule has 0 saturated carbocycles. The number of nitrogens with one attached hydrogen (secondary N) is 1. The summed E-state index contributed by atoms with van der Waals surface area (Å²) >= 11 is 5.98. The van der Waals surface area contributed by atoms with Gasteiger partial charge in [0.15, 0.2) is 11.3 Å². The lowest BCUT2D eigenvalue weighted by Crippen LogP contribution is -2.23. The highest BCUT2D eigenvalue weighted by atomic mass is 35.5. The van der Waals surface area contributed by atoms with E-state index in [1.807, 2.05) is 36.4 Å². The molecule has 3 aromatic rings. The molecule has 5 nitrogen and oxygen atoms in total. The molecule has 0 aliphatic heterocycles. The van der Waals surface area contributed by atoms with Gasteiger partial charge in [-0.1, -0.05) is 35.9 Å². The molecule has 0 atom stereocenters. The number of fused-ring (bicyclic) bond motifs is 1. The summed E-state index contributed by atoms with van der Waals surface area (Å²) in [5, 5.41) is 7.87. The molecule has 0 radical (unpaired) electrons. The van der Waals surface area contributed by atoms with Gasteiger partial charge in [-0.15, -0.1) is 0 Å². The molecule has 2 heterocycles. The molecule has 4 rings (SSSR count). The lowest BCUT2D eigenvalue weighted by atomic mass is 10.1. The van der Waals surface area contributed by atoms with Crippen molar-refractivity contribution in [2.45, 2.75) is 6.42 Å². The number of halogens is 1. The van der Waals surface area contributed by atoms with E-state index in [0.717, 1.165) is 11.3 Å². The minimum absolute atomic E-state index is 0.250. The Morgan fingerprint density at radius 3 is 2.79 bits per heavy atom. The molecular formula is C18H13ClN4O. The van der Waals surface area contributed by atoms with Crippen LogP contribution in [0, 0.1) is 0 Å². The van der Waals surface area contributed by atoms with Gasteiger partial charge < -0.3 is 5.32 Å². The van der Waals surface area contributed by atoms with Crippen molar-refractivity contribution in [3.05, 3.63) is 77.2 Å². The maximum Gasteiger partial charge on any atom is 0.276 e. The average Bonchev–Trinajstić information content (AvgIpc) is 3.23. The van der Waals surface area contributed by atoms with Gasteiger partial charge in [0.05, 0.1) is 0 Å². The Labute approximate surface area is 143 Å². The molecule has 24 heavy (non-hydrogen) atoms. The van der Waals surface area contributed by atoms with Crippen LogP contribution >= 0.6 is 11.6 Å². The van der Waals surface area contributed by atoms with Gasteiger partial charge in [-0.2, -0.15) is 5.10 Å². The molecule has 1 aliphatic carbocycles. The molecule has 1 N–H and O–H groups in total. The second-order valence-corrected chi connectivity index (χ2v) is 5.82. The molecule has 6 heteroatoms. The third-order valence-electron chi connectivity index (χ3n) is 3.77. The monoisotopic (exact) mass is 336 g/mol. The van der Waals surface area contributed by atoms with E-state index in [9.17, 15) is 4.79 Å². The van der Waals surface area contributed by atoms with Crippen LogP contribution in [0.3, 0.4) is 0 Å². The second-order valence-electron chi connectivity index (χ2n) is 5.39. The first-order valence-electron chi connectivity index (χ1n) is 7.49. The summed E-state index contributed by atoms with van der Waals surface area (Å²) in [5.74, 6) is -0.250. The van der Waals surface area contributed by atoms with Crippen LogP contribution in [0.25, 0.3) is 16.9 Å². The third kappa shape index (κ3) is 2.59. The van der Waals surface area contributed by atoms with Gasteiger partial charge in [0.25, 0.3) is 5.91 Å². The maximum absolute atomic E-state index is 12.7. The second kappa shape index (κ2) is 5.94. The van der Waals surface area contributed by atoms with Gasteiger partial charge in [-0.3, -0.25) is 4.79 Å². The van der Waals surface area contributed by atoms with Gasteiger partial charge in [0.2, 0.25) is 0 Å². The highest BCUT2D eigenvalue weighted by Crippen LogP contribution is 2.26. The number of imidazole rings is 1. The Morgan fingerprint density at radius 1 is 1.21 bits per heavy atom. The van der Waals surface area contributed by atoms with E-state index < -0.39 is 0 Å². The molecule has 118 valence electrons. The summed E-state index contributed by atoms with van der Waals surface area (Å²) in [6.07, 6.45) is 8.17. The summed E-state index contributed by atoms with van der Waals surface area (Å²) in [6, 6.07) is 10.9. The molecule has 0 unspecified atom stereocenters. The SMILES string of the molecule is O=C(NC1=CC=CC1)c1nc2cccnn2c1-c1ccc(Cl)cc1. The van der Waals surface area contributed by atoms with Crippen LogP contribution in [0.2, 0.25) is 5.02 Å². The summed E-state index contributed by atoms with van der Waals surface area (Å²) in [5.41, 5.74) is 3.28. The number of carbonyl (C=O) groups excluding carboxylic acids is 1. The lowest BCUT2D eigenvalue weighted by Gasteiger charge is -2.07. The zero-order valence-corrected chi connectivity index (χ0v) is 13.4. The molecule has 0 bridgehead atoms. The number of hydrogen-bond donors (Lipinski definition) is 1. The summed E-state index contributed by atoms with van der Waals surface area (Å²) in [4.78, 5) is 17.2. The molecule has 0 fully saturated rings. The van der Waals surface area contributed by atoms with Crippen molar-refractivity contribution < 1.29 is 4.79 Å². The molecule has 1 amide bonds. The van der Waals surface area contributed by atoms with Gasteiger partial charge in [-0.05, 0) is 30.3 Å². The summed E-state index contributed by atoms with van der Waals surface area (Å²) in [7, 11) is 0. The van der Waals surface area contributed by atoms with Gasteiger partial charge in [-0.25, -0.2) is 9.50 Å². The predicted molar refractivity (Wildman–Crippen MR) is 92.7 cm³/mol. The normalized spacial score (nSPS) is 13.3. The molecule has 2 aromatic heterocycles.